The maximum Gasteiger partial charge on any atom is 0.165 e. The summed E-state index contributed by atoms with van der Waals surface area (Å²) in [6, 6.07) is 8.06. The first kappa shape index (κ1) is 14.3. The summed E-state index contributed by atoms with van der Waals surface area (Å²) in [6.07, 6.45) is 8.71. The van der Waals surface area contributed by atoms with Crippen molar-refractivity contribution in [2.45, 2.75) is 58.8 Å². The van der Waals surface area contributed by atoms with E-state index in [0.717, 1.165) is 24.3 Å². The van der Waals surface area contributed by atoms with Crippen LogP contribution in [0.5, 0.6) is 0 Å². The molecule has 104 valence electrons. The van der Waals surface area contributed by atoms with Crippen LogP contribution >= 0.6 is 0 Å². The molecule has 19 heavy (non-hydrogen) atoms. The summed E-state index contributed by atoms with van der Waals surface area (Å²) in [5.41, 5.74) is 2.13. The molecule has 1 aliphatic rings. The van der Waals surface area contributed by atoms with Crippen molar-refractivity contribution < 1.29 is 4.79 Å². The first-order chi connectivity index (χ1) is 9.20. The van der Waals surface area contributed by atoms with E-state index in [1.165, 1.54) is 37.7 Å². The van der Waals surface area contributed by atoms with Gasteiger partial charge in [0.1, 0.15) is 0 Å². The maximum atomic E-state index is 12.4. The fourth-order valence-corrected chi connectivity index (χ4v) is 3.16. The van der Waals surface area contributed by atoms with E-state index in [4.69, 9.17) is 0 Å². The SMILES string of the molecule is CCCCC1CCC(C(=O)c2ccc(C)cc2)CC1. The molecule has 1 heteroatoms. The fourth-order valence-electron chi connectivity index (χ4n) is 3.16. The van der Waals surface area contributed by atoms with Gasteiger partial charge >= 0.3 is 0 Å². The van der Waals surface area contributed by atoms with Crippen LogP contribution in [-0.2, 0) is 0 Å². The van der Waals surface area contributed by atoms with E-state index < -0.39 is 0 Å². The Labute approximate surface area is 117 Å². The summed E-state index contributed by atoms with van der Waals surface area (Å²) >= 11 is 0. The van der Waals surface area contributed by atoms with E-state index in [1.54, 1.807) is 0 Å². The van der Waals surface area contributed by atoms with E-state index in [-0.39, 0.29) is 5.92 Å². The lowest BCUT2D eigenvalue weighted by molar-refractivity contribution is 0.0869. The Morgan fingerprint density at radius 1 is 1.11 bits per heavy atom. The van der Waals surface area contributed by atoms with Crippen molar-refractivity contribution in [3.05, 3.63) is 35.4 Å². The Balaban J connectivity index is 1.87. The van der Waals surface area contributed by atoms with Crippen LogP contribution in [0.3, 0.4) is 0 Å². The van der Waals surface area contributed by atoms with Crippen LogP contribution in [-0.4, -0.2) is 5.78 Å². The lowest BCUT2D eigenvalue weighted by Crippen LogP contribution is -2.22. The zero-order valence-corrected chi connectivity index (χ0v) is 12.3. The van der Waals surface area contributed by atoms with Gasteiger partial charge in [0.25, 0.3) is 0 Å². The number of rotatable bonds is 5. The summed E-state index contributed by atoms with van der Waals surface area (Å²) in [4.78, 5) is 12.4. The molecule has 2 rings (SSSR count). The molecule has 0 spiro atoms. The zero-order valence-electron chi connectivity index (χ0n) is 12.3. The van der Waals surface area contributed by atoms with Gasteiger partial charge in [0.05, 0.1) is 0 Å². The molecule has 0 aromatic heterocycles. The van der Waals surface area contributed by atoms with E-state index in [2.05, 4.69) is 13.8 Å². The van der Waals surface area contributed by atoms with E-state index in [1.807, 2.05) is 24.3 Å². The molecule has 1 aromatic rings. The van der Waals surface area contributed by atoms with Crippen molar-refractivity contribution in [2.24, 2.45) is 11.8 Å². The topological polar surface area (TPSA) is 17.1 Å². The molecule has 0 radical (unpaired) electrons. The molecular weight excluding hydrogens is 232 g/mol. The predicted octanol–water partition coefficient (Wildman–Crippen LogP) is 5.17. The van der Waals surface area contributed by atoms with E-state index >= 15 is 0 Å². The Morgan fingerprint density at radius 2 is 1.74 bits per heavy atom. The van der Waals surface area contributed by atoms with Crippen LogP contribution in [0.4, 0.5) is 0 Å². The highest BCUT2D eigenvalue weighted by Crippen LogP contribution is 2.33. The molecule has 0 amide bonds. The van der Waals surface area contributed by atoms with Gasteiger partial charge in [-0.25, -0.2) is 0 Å². The smallest absolute Gasteiger partial charge is 0.165 e. The second-order valence-electron chi connectivity index (χ2n) is 6.09. The molecule has 1 nitrogen and oxygen atoms in total. The molecule has 0 aliphatic heterocycles. The monoisotopic (exact) mass is 258 g/mol. The van der Waals surface area contributed by atoms with Crippen molar-refractivity contribution in [1.82, 2.24) is 0 Å². The van der Waals surface area contributed by atoms with Crippen LogP contribution < -0.4 is 0 Å². The molecule has 0 unspecified atom stereocenters. The Bertz CT molecular complexity index is 396. The summed E-state index contributed by atoms with van der Waals surface area (Å²) in [5, 5.41) is 0. The molecule has 1 fully saturated rings. The zero-order chi connectivity index (χ0) is 13.7. The number of hydrogen-bond acceptors (Lipinski definition) is 1. The van der Waals surface area contributed by atoms with Crippen molar-refractivity contribution >= 4 is 5.78 Å². The lowest BCUT2D eigenvalue weighted by atomic mass is 9.77. The minimum Gasteiger partial charge on any atom is -0.294 e. The summed E-state index contributed by atoms with van der Waals surface area (Å²) in [5.74, 6) is 1.52. The average molecular weight is 258 g/mol. The Kier molecular flexibility index (Phi) is 5.18. The van der Waals surface area contributed by atoms with Crippen molar-refractivity contribution in [2.75, 3.05) is 0 Å². The van der Waals surface area contributed by atoms with E-state index in [0.29, 0.717) is 5.78 Å². The molecule has 0 saturated heterocycles. The van der Waals surface area contributed by atoms with Crippen LogP contribution in [0, 0.1) is 18.8 Å². The van der Waals surface area contributed by atoms with Crippen LogP contribution in [0.1, 0.15) is 67.8 Å². The molecule has 0 heterocycles. The molecule has 0 atom stereocenters. The van der Waals surface area contributed by atoms with Crippen molar-refractivity contribution in [3.8, 4) is 0 Å². The van der Waals surface area contributed by atoms with Crippen molar-refractivity contribution in [3.63, 3.8) is 0 Å². The van der Waals surface area contributed by atoms with Gasteiger partial charge in [-0.1, -0.05) is 56.0 Å². The molecule has 1 aliphatic carbocycles. The highest BCUT2D eigenvalue weighted by atomic mass is 16.1. The molecule has 1 aromatic carbocycles. The number of hydrogen-bond donors (Lipinski definition) is 0. The average Bonchev–Trinajstić information content (AvgIpc) is 2.46. The summed E-state index contributed by atoms with van der Waals surface area (Å²) < 4.78 is 0. The minimum absolute atomic E-state index is 0.278. The Hall–Kier alpha value is -1.11. The minimum atomic E-state index is 0.278. The van der Waals surface area contributed by atoms with Gasteiger partial charge in [-0.2, -0.15) is 0 Å². The molecule has 0 bridgehead atoms. The third-order valence-electron chi connectivity index (χ3n) is 4.52. The molecule has 0 N–H and O–H groups in total. The molecular formula is C18H26O. The second-order valence-corrected chi connectivity index (χ2v) is 6.09. The predicted molar refractivity (Wildman–Crippen MR) is 80.5 cm³/mol. The fraction of sp³-hybridized carbons (Fsp3) is 0.611. The number of Topliss-reactive ketones (excluding diaryl/α,β-unsaturated/α-hetero) is 1. The lowest BCUT2D eigenvalue weighted by Gasteiger charge is -2.27. The number of unbranched alkanes of at least 4 members (excludes halogenated alkanes) is 1. The van der Waals surface area contributed by atoms with Gasteiger partial charge < -0.3 is 0 Å². The van der Waals surface area contributed by atoms with Crippen LogP contribution in [0.25, 0.3) is 0 Å². The third-order valence-corrected chi connectivity index (χ3v) is 4.52. The van der Waals surface area contributed by atoms with Crippen LogP contribution in [0.2, 0.25) is 0 Å². The standard InChI is InChI=1S/C18H26O/c1-3-4-5-15-8-12-17(13-9-15)18(19)16-10-6-14(2)7-11-16/h6-7,10-11,15,17H,3-5,8-9,12-13H2,1-2H3. The first-order valence-electron chi connectivity index (χ1n) is 7.81. The summed E-state index contributed by atoms with van der Waals surface area (Å²) in [7, 11) is 0. The number of benzene rings is 1. The van der Waals surface area contributed by atoms with Gasteiger partial charge in [-0.3, -0.25) is 4.79 Å². The normalized spacial score (nSPS) is 23.3. The van der Waals surface area contributed by atoms with Gasteiger partial charge in [0.2, 0.25) is 0 Å². The third kappa shape index (κ3) is 3.92. The highest BCUT2D eigenvalue weighted by Gasteiger charge is 2.26. The highest BCUT2D eigenvalue weighted by molar-refractivity contribution is 5.97. The largest absolute Gasteiger partial charge is 0.294 e. The quantitative estimate of drug-likeness (QED) is 0.665. The number of ketones is 1. The maximum absolute atomic E-state index is 12.4. The second kappa shape index (κ2) is 6.88. The summed E-state index contributed by atoms with van der Waals surface area (Å²) in [6.45, 7) is 4.32. The Morgan fingerprint density at radius 3 is 2.32 bits per heavy atom. The van der Waals surface area contributed by atoms with Crippen molar-refractivity contribution in [1.29, 1.82) is 0 Å². The number of carbonyl (C=O) groups excluding carboxylic acids is 1. The van der Waals surface area contributed by atoms with Gasteiger partial charge in [0.15, 0.2) is 5.78 Å². The van der Waals surface area contributed by atoms with Gasteiger partial charge in [0, 0.05) is 11.5 Å². The first-order valence-corrected chi connectivity index (χ1v) is 7.81. The van der Waals surface area contributed by atoms with Gasteiger partial charge in [-0.15, -0.1) is 0 Å². The van der Waals surface area contributed by atoms with Crippen LogP contribution in [0.15, 0.2) is 24.3 Å². The van der Waals surface area contributed by atoms with E-state index in [9.17, 15) is 4.79 Å². The number of aryl methyl sites for hydroxylation is 1. The molecule has 1 saturated carbocycles. The number of carbonyl (C=O) groups is 1. The van der Waals surface area contributed by atoms with Gasteiger partial charge in [-0.05, 0) is 38.5 Å².